The van der Waals surface area contributed by atoms with Crippen molar-refractivity contribution in [2.75, 3.05) is 13.1 Å². The van der Waals surface area contributed by atoms with Gasteiger partial charge in [0.1, 0.15) is 5.82 Å². The summed E-state index contributed by atoms with van der Waals surface area (Å²) in [7, 11) is 0. The average Bonchev–Trinajstić information content (AvgIpc) is 2.93. The van der Waals surface area contributed by atoms with Gasteiger partial charge in [-0.15, -0.1) is 0 Å². The molecule has 7 heteroatoms. The monoisotopic (exact) mass is 398 g/mol. The Labute approximate surface area is 166 Å². The fourth-order valence-electron chi connectivity index (χ4n) is 2.66. The molecule has 1 heterocycles. The zero-order chi connectivity index (χ0) is 20.1. The van der Waals surface area contributed by atoms with Crippen molar-refractivity contribution in [1.29, 1.82) is 0 Å². The van der Waals surface area contributed by atoms with Crippen LogP contribution >= 0.6 is 11.8 Å². The first-order chi connectivity index (χ1) is 13.4. The van der Waals surface area contributed by atoms with E-state index in [-0.39, 0.29) is 41.4 Å². The van der Waals surface area contributed by atoms with Gasteiger partial charge in [0, 0.05) is 13.1 Å². The van der Waals surface area contributed by atoms with Gasteiger partial charge in [0.15, 0.2) is 0 Å². The number of thioether (sulfide) groups is 1. The molecule has 3 rings (SSSR count). The Morgan fingerprint density at radius 3 is 2.46 bits per heavy atom. The Morgan fingerprint density at radius 2 is 1.79 bits per heavy atom. The van der Waals surface area contributed by atoms with E-state index in [4.69, 9.17) is 0 Å². The molecule has 28 heavy (non-hydrogen) atoms. The molecule has 144 valence electrons. The minimum Gasteiger partial charge on any atom is -0.354 e. The first kappa shape index (κ1) is 19.8. The zero-order valence-corrected chi connectivity index (χ0v) is 16.1. The average molecular weight is 398 g/mol. The SMILES string of the molecule is Cc1ccc(CC(=O)NCCN2C(=O)S/C(=C\c3ccc(F)cc3)C2=O)cc1. The van der Waals surface area contributed by atoms with Gasteiger partial charge in [0.25, 0.3) is 11.1 Å². The van der Waals surface area contributed by atoms with E-state index in [0.29, 0.717) is 5.56 Å². The van der Waals surface area contributed by atoms with E-state index in [0.717, 1.165) is 27.8 Å². The molecule has 2 aromatic rings. The van der Waals surface area contributed by atoms with Crippen molar-refractivity contribution in [3.8, 4) is 0 Å². The van der Waals surface area contributed by atoms with Crippen LogP contribution in [0.2, 0.25) is 0 Å². The minimum absolute atomic E-state index is 0.102. The number of carbonyl (C=O) groups excluding carboxylic acids is 3. The third-order valence-corrected chi connectivity index (χ3v) is 5.09. The Kier molecular flexibility index (Phi) is 6.26. The van der Waals surface area contributed by atoms with E-state index >= 15 is 0 Å². The van der Waals surface area contributed by atoms with Crippen molar-refractivity contribution in [2.45, 2.75) is 13.3 Å². The number of rotatable bonds is 6. The maximum atomic E-state index is 13.0. The zero-order valence-electron chi connectivity index (χ0n) is 15.3. The Balaban J connectivity index is 1.52. The van der Waals surface area contributed by atoms with E-state index in [2.05, 4.69) is 5.32 Å². The molecule has 2 aromatic carbocycles. The molecule has 5 nitrogen and oxygen atoms in total. The van der Waals surface area contributed by atoms with Crippen molar-refractivity contribution in [1.82, 2.24) is 10.2 Å². The van der Waals surface area contributed by atoms with Crippen LogP contribution in [0, 0.1) is 12.7 Å². The number of hydrogen-bond acceptors (Lipinski definition) is 4. The van der Waals surface area contributed by atoms with Gasteiger partial charge in [-0.2, -0.15) is 0 Å². The standard InChI is InChI=1S/C21H19FN2O3S/c1-14-2-4-16(5-3-14)13-19(25)23-10-11-24-20(26)18(28-21(24)27)12-15-6-8-17(22)9-7-15/h2-9,12H,10-11,13H2,1H3,(H,23,25)/b18-12-. The van der Waals surface area contributed by atoms with Crippen molar-refractivity contribution in [2.24, 2.45) is 0 Å². The van der Waals surface area contributed by atoms with Crippen molar-refractivity contribution < 1.29 is 18.8 Å². The number of aryl methyl sites for hydroxylation is 1. The van der Waals surface area contributed by atoms with Gasteiger partial charge in [-0.1, -0.05) is 42.0 Å². The molecule has 0 bridgehead atoms. The molecule has 0 saturated carbocycles. The second-order valence-corrected chi connectivity index (χ2v) is 7.39. The van der Waals surface area contributed by atoms with Crippen LogP contribution in [0.5, 0.6) is 0 Å². The highest BCUT2D eigenvalue weighted by atomic mass is 32.2. The van der Waals surface area contributed by atoms with E-state index in [9.17, 15) is 18.8 Å². The predicted molar refractivity (Wildman–Crippen MR) is 107 cm³/mol. The van der Waals surface area contributed by atoms with Gasteiger partial charge in [-0.3, -0.25) is 19.3 Å². The number of nitrogens with one attached hydrogen (secondary N) is 1. The van der Waals surface area contributed by atoms with E-state index in [1.807, 2.05) is 31.2 Å². The molecule has 0 spiro atoms. The lowest BCUT2D eigenvalue weighted by molar-refractivity contribution is -0.124. The first-order valence-corrected chi connectivity index (χ1v) is 9.57. The summed E-state index contributed by atoms with van der Waals surface area (Å²) in [5.41, 5.74) is 2.66. The molecule has 3 amide bonds. The Hall–Kier alpha value is -2.93. The molecule has 0 atom stereocenters. The lowest BCUT2D eigenvalue weighted by Gasteiger charge is -2.13. The molecular formula is C21H19FN2O3S. The summed E-state index contributed by atoms with van der Waals surface area (Å²) in [4.78, 5) is 37.9. The third kappa shape index (κ3) is 5.07. The van der Waals surface area contributed by atoms with Crippen molar-refractivity contribution in [3.63, 3.8) is 0 Å². The number of hydrogen-bond donors (Lipinski definition) is 1. The molecule has 1 aliphatic rings. The molecule has 0 unspecified atom stereocenters. The summed E-state index contributed by atoms with van der Waals surface area (Å²) < 4.78 is 13.0. The number of halogens is 1. The van der Waals surface area contributed by atoms with Crippen molar-refractivity contribution in [3.05, 3.63) is 75.9 Å². The molecule has 0 radical (unpaired) electrons. The van der Waals surface area contributed by atoms with Crippen molar-refractivity contribution >= 4 is 34.9 Å². The third-order valence-electron chi connectivity index (χ3n) is 4.18. The molecule has 1 aliphatic heterocycles. The first-order valence-electron chi connectivity index (χ1n) is 8.75. The van der Waals surface area contributed by atoms with Gasteiger partial charge in [-0.05, 0) is 48.0 Å². The van der Waals surface area contributed by atoms with Gasteiger partial charge in [-0.25, -0.2) is 4.39 Å². The highest BCUT2D eigenvalue weighted by Crippen LogP contribution is 2.31. The summed E-state index contributed by atoms with van der Waals surface area (Å²) in [6, 6.07) is 13.3. The Morgan fingerprint density at radius 1 is 1.11 bits per heavy atom. The van der Waals surface area contributed by atoms with Crippen LogP contribution in [0.25, 0.3) is 6.08 Å². The van der Waals surface area contributed by atoms with Crippen LogP contribution in [0.15, 0.2) is 53.4 Å². The molecule has 0 aliphatic carbocycles. The fraction of sp³-hybridized carbons (Fsp3) is 0.190. The summed E-state index contributed by atoms with van der Waals surface area (Å²) in [5.74, 6) is -0.948. The summed E-state index contributed by atoms with van der Waals surface area (Å²) >= 11 is 0.836. The van der Waals surface area contributed by atoms with Gasteiger partial charge in [0.05, 0.1) is 11.3 Å². The van der Waals surface area contributed by atoms with Crippen LogP contribution in [0.3, 0.4) is 0 Å². The number of amides is 3. The second kappa shape index (κ2) is 8.84. The highest BCUT2D eigenvalue weighted by molar-refractivity contribution is 8.18. The van der Waals surface area contributed by atoms with Crippen LogP contribution in [-0.2, 0) is 16.0 Å². The lowest BCUT2D eigenvalue weighted by Crippen LogP contribution is -2.37. The fourth-order valence-corrected chi connectivity index (χ4v) is 3.53. The van der Waals surface area contributed by atoms with E-state index in [1.54, 1.807) is 6.08 Å². The van der Waals surface area contributed by atoms with Gasteiger partial charge < -0.3 is 5.32 Å². The summed E-state index contributed by atoms with van der Waals surface area (Å²) in [6.07, 6.45) is 1.80. The number of nitrogens with zero attached hydrogens (tertiary/aromatic N) is 1. The summed E-state index contributed by atoms with van der Waals surface area (Å²) in [6.45, 7) is 2.27. The number of carbonyl (C=O) groups is 3. The molecule has 0 aromatic heterocycles. The minimum atomic E-state index is -0.410. The van der Waals surface area contributed by atoms with Gasteiger partial charge >= 0.3 is 0 Å². The molecule has 1 fully saturated rings. The maximum Gasteiger partial charge on any atom is 0.293 e. The molecule has 1 N–H and O–H groups in total. The van der Waals surface area contributed by atoms with Gasteiger partial charge in [0.2, 0.25) is 5.91 Å². The second-order valence-electron chi connectivity index (χ2n) is 6.40. The molecular weight excluding hydrogens is 379 g/mol. The van der Waals surface area contributed by atoms with E-state index in [1.165, 1.54) is 24.3 Å². The number of benzene rings is 2. The van der Waals surface area contributed by atoms with Crippen LogP contribution in [-0.4, -0.2) is 35.0 Å². The van der Waals surface area contributed by atoms with Crippen LogP contribution < -0.4 is 5.32 Å². The van der Waals surface area contributed by atoms with Crippen LogP contribution in [0.4, 0.5) is 9.18 Å². The Bertz CT molecular complexity index is 924. The predicted octanol–water partition coefficient (Wildman–Crippen LogP) is 3.53. The smallest absolute Gasteiger partial charge is 0.293 e. The highest BCUT2D eigenvalue weighted by Gasteiger charge is 2.34. The number of imide groups is 1. The largest absolute Gasteiger partial charge is 0.354 e. The van der Waals surface area contributed by atoms with E-state index < -0.39 is 5.91 Å². The summed E-state index contributed by atoms with van der Waals surface area (Å²) in [5, 5.41) is 2.35. The van der Waals surface area contributed by atoms with Crippen LogP contribution in [0.1, 0.15) is 16.7 Å². The lowest BCUT2D eigenvalue weighted by atomic mass is 10.1. The maximum absolute atomic E-state index is 13.0. The molecule has 1 saturated heterocycles. The normalized spacial score (nSPS) is 15.4. The topological polar surface area (TPSA) is 66.5 Å². The quantitative estimate of drug-likeness (QED) is 0.756.